The van der Waals surface area contributed by atoms with Crippen molar-refractivity contribution < 1.29 is 5.11 Å². The Morgan fingerprint density at radius 3 is 2.52 bits per heavy atom. The summed E-state index contributed by atoms with van der Waals surface area (Å²) in [7, 11) is 0. The molecule has 0 atom stereocenters. The van der Waals surface area contributed by atoms with Gasteiger partial charge in [0, 0.05) is 6.20 Å². The number of benzene rings is 1. The molecule has 0 spiro atoms. The van der Waals surface area contributed by atoms with E-state index in [0.717, 1.165) is 11.1 Å². The standard InChI is InChI=1S/C17H13N5O/c18-15-9-12(11-4-6-13(23)7-5-11)10-16-20-17(21-22(15)16)14-3-1-2-8-19-14/h1-10,23H,18H2. The quantitative estimate of drug-likeness (QED) is 0.594. The molecule has 0 fully saturated rings. The van der Waals surface area contributed by atoms with Crippen LogP contribution in [0.2, 0.25) is 0 Å². The van der Waals surface area contributed by atoms with E-state index < -0.39 is 0 Å². The second-order valence-corrected chi connectivity index (χ2v) is 5.14. The van der Waals surface area contributed by atoms with Gasteiger partial charge in [0.25, 0.3) is 0 Å². The van der Waals surface area contributed by atoms with Crippen LogP contribution in [0.15, 0.2) is 60.8 Å². The highest BCUT2D eigenvalue weighted by atomic mass is 16.3. The fourth-order valence-electron chi connectivity index (χ4n) is 2.43. The van der Waals surface area contributed by atoms with Gasteiger partial charge in [-0.2, -0.15) is 4.52 Å². The summed E-state index contributed by atoms with van der Waals surface area (Å²) in [4.78, 5) is 8.76. The van der Waals surface area contributed by atoms with Crippen molar-refractivity contribution in [2.24, 2.45) is 0 Å². The van der Waals surface area contributed by atoms with E-state index in [1.165, 1.54) is 0 Å². The zero-order valence-electron chi connectivity index (χ0n) is 12.1. The molecule has 0 amide bonds. The number of phenols is 1. The number of hydrogen-bond acceptors (Lipinski definition) is 5. The van der Waals surface area contributed by atoms with Gasteiger partial charge in [0.2, 0.25) is 5.82 Å². The lowest BCUT2D eigenvalue weighted by Gasteiger charge is -2.04. The molecule has 0 aliphatic carbocycles. The summed E-state index contributed by atoms with van der Waals surface area (Å²) in [5, 5.41) is 13.8. The topological polar surface area (TPSA) is 89.3 Å². The molecule has 4 rings (SSSR count). The van der Waals surface area contributed by atoms with Crippen molar-refractivity contribution in [3.8, 4) is 28.4 Å². The number of anilines is 1. The summed E-state index contributed by atoms with van der Waals surface area (Å²) < 4.78 is 1.59. The van der Waals surface area contributed by atoms with Crippen LogP contribution < -0.4 is 5.73 Å². The Morgan fingerprint density at radius 1 is 0.957 bits per heavy atom. The second-order valence-electron chi connectivity index (χ2n) is 5.14. The fraction of sp³-hybridized carbons (Fsp3) is 0. The van der Waals surface area contributed by atoms with Crippen molar-refractivity contribution in [3.05, 3.63) is 60.8 Å². The summed E-state index contributed by atoms with van der Waals surface area (Å²) in [6.45, 7) is 0. The lowest BCUT2D eigenvalue weighted by molar-refractivity contribution is 0.475. The minimum absolute atomic E-state index is 0.225. The van der Waals surface area contributed by atoms with Gasteiger partial charge in [-0.15, -0.1) is 5.10 Å². The van der Waals surface area contributed by atoms with Gasteiger partial charge in [-0.25, -0.2) is 4.98 Å². The van der Waals surface area contributed by atoms with E-state index in [1.54, 1.807) is 22.8 Å². The third kappa shape index (κ3) is 2.36. The molecular weight excluding hydrogens is 290 g/mol. The predicted molar refractivity (Wildman–Crippen MR) is 87.7 cm³/mol. The van der Waals surface area contributed by atoms with Crippen molar-refractivity contribution in [2.45, 2.75) is 0 Å². The molecule has 3 heterocycles. The van der Waals surface area contributed by atoms with Gasteiger partial charge in [0.05, 0.1) is 0 Å². The van der Waals surface area contributed by atoms with Gasteiger partial charge in [-0.1, -0.05) is 18.2 Å². The largest absolute Gasteiger partial charge is 0.508 e. The molecule has 23 heavy (non-hydrogen) atoms. The van der Waals surface area contributed by atoms with Gasteiger partial charge in [-0.05, 0) is 47.5 Å². The van der Waals surface area contributed by atoms with Crippen LogP contribution in [-0.2, 0) is 0 Å². The number of aromatic hydroxyl groups is 1. The number of fused-ring (bicyclic) bond motifs is 1. The normalized spacial score (nSPS) is 11.0. The lowest BCUT2D eigenvalue weighted by Crippen LogP contribution is -1.99. The molecule has 6 heteroatoms. The Morgan fingerprint density at radius 2 is 1.78 bits per heavy atom. The van der Waals surface area contributed by atoms with E-state index in [-0.39, 0.29) is 5.75 Å². The minimum Gasteiger partial charge on any atom is -0.508 e. The maximum absolute atomic E-state index is 9.40. The number of nitrogens with two attached hydrogens (primary N) is 1. The number of pyridine rings is 2. The van der Waals surface area contributed by atoms with E-state index in [2.05, 4.69) is 15.1 Å². The summed E-state index contributed by atoms with van der Waals surface area (Å²) in [5.41, 5.74) is 9.31. The van der Waals surface area contributed by atoms with Gasteiger partial charge in [0.1, 0.15) is 17.3 Å². The smallest absolute Gasteiger partial charge is 0.200 e. The zero-order valence-corrected chi connectivity index (χ0v) is 12.1. The Balaban J connectivity index is 1.86. The molecule has 112 valence electrons. The SMILES string of the molecule is Nc1cc(-c2ccc(O)cc2)cc2nc(-c3ccccn3)nn12. The van der Waals surface area contributed by atoms with Crippen LogP contribution in [0.1, 0.15) is 0 Å². The van der Waals surface area contributed by atoms with Crippen LogP contribution >= 0.6 is 0 Å². The lowest BCUT2D eigenvalue weighted by atomic mass is 10.1. The molecule has 0 saturated heterocycles. The molecule has 0 unspecified atom stereocenters. The molecule has 1 aromatic carbocycles. The second kappa shape index (κ2) is 5.10. The molecule has 0 saturated carbocycles. The van der Waals surface area contributed by atoms with E-state index in [9.17, 15) is 5.11 Å². The molecule has 6 nitrogen and oxygen atoms in total. The first-order chi connectivity index (χ1) is 11.2. The summed E-state index contributed by atoms with van der Waals surface area (Å²) in [6.07, 6.45) is 1.70. The van der Waals surface area contributed by atoms with Crippen LogP contribution in [-0.4, -0.2) is 24.7 Å². The molecule has 3 N–H and O–H groups in total. The average Bonchev–Trinajstić information content (AvgIpc) is 3.01. The molecule has 0 radical (unpaired) electrons. The van der Waals surface area contributed by atoms with Crippen LogP contribution in [0.25, 0.3) is 28.3 Å². The Bertz CT molecular complexity index is 977. The van der Waals surface area contributed by atoms with E-state index in [1.807, 2.05) is 42.5 Å². The first-order valence-electron chi connectivity index (χ1n) is 7.08. The third-order valence-corrected chi connectivity index (χ3v) is 3.56. The monoisotopic (exact) mass is 303 g/mol. The summed E-state index contributed by atoms with van der Waals surface area (Å²) in [6, 6.07) is 16.3. The highest BCUT2D eigenvalue weighted by molar-refractivity contribution is 5.72. The van der Waals surface area contributed by atoms with Crippen molar-refractivity contribution in [1.82, 2.24) is 19.6 Å². The van der Waals surface area contributed by atoms with E-state index in [0.29, 0.717) is 23.0 Å². The van der Waals surface area contributed by atoms with Crippen LogP contribution in [0.5, 0.6) is 5.75 Å². The molecular formula is C17H13N5O. The van der Waals surface area contributed by atoms with Crippen LogP contribution in [0.3, 0.4) is 0 Å². The Labute approximate surface area is 131 Å². The maximum Gasteiger partial charge on any atom is 0.200 e. The van der Waals surface area contributed by atoms with E-state index in [4.69, 9.17) is 5.73 Å². The molecule has 3 aromatic heterocycles. The van der Waals surface area contributed by atoms with E-state index >= 15 is 0 Å². The zero-order chi connectivity index (χ0) is 15.8. The molecule has 4 aromatic rings. The Hall–Kier alpha value is -3.41. The van der Waals surface area contributed by atoms with Gasteiger partial charge >= 0.3 is 0 Å². The highest BCUT2D eigenvalue weighted by Crippen LogP contribution is 2.26. The summed E-state index contributed by atoms with van der Waals surface area (Å²) >= 11 is 0. The highest BCUT2D eigenvalue weighted by Gasteiger charge is 2.11. The average molecular weight is 303 g/mol. The first kappa shape index (κ1) is 13.3. The number of hydrogen-bond donors (Lipinski definition) is 2. The number of nitrogen functional groups attached to an aromatic ring is 1. The number of rotatable bonds is 2. The molecule has 0 bridgehead atoms. The first-order valence-corrected chi connectivity index (χ1v) is 7.08. The van der Waals surface area contributed by atoms with Gasteiger partial charge in [0.15, 0.2) is 5.65 Å². The Kier molecular flexibility index (Phi) is 2.94. The van der Waals surface area contributed by atoms with Crippen LogP contribution in [0, 0.1) is 0 Å². The number of phenolic OH excluding ortho intramolecular Hbond substituents is 1. The maximum atomic E-state index is 9.40. The number of nitrogens with zero attached hydrogens (tertiary/aromatic N) is 4. The van der Waals surface area contributed by atoms with Crippen molar-refractivity contribution in [1.29, 1.82) is 0 Å². The third-order valence-electron chi connectivity index (χ3n) is 3.56. The minimum atomic E-state index is 0.225. The van der Waals surface area contributed by atoms with Crippen molar-refractivity contribution in [2.75, 3.05) is 5.73 Å². The van der Waals surface area contributed by atoms with Crippen molar-refractivity contribution >= 4 is 11.5 Å². The van der Waals surface area contributed by atoms with Crippen molar-refractivity contribution in [3.63, 3.8) is 0 Å². The molecule has 0 aliphatic heterocycles. The fourth-order valence-corrected chi connectivity index (χ4v) is 2.43. The molecule has 0 aliphatic rings. The van der Waals surface area contributed by atoms with Gasteiger partial charge < -0.3 is 10.8 Å². The predicted octanol–water partition coefficient (Wildman–Crippen LogP) is 2.75. The van der Waals surface area contributed by atoms with Crippen LogP contribution in [0.4, 0.5) is 5.82 Å². The summed E-state index contributed by atoms with van der Waals surface area (Å²) in [5.74, 6) is 1.24. The number of aromatic nitrogens is 4. The van der Waals surface area contributed by atoms with Gasteiger partial charge in [-0.3, -0.25) is 4.98 Å².